The lowest BCUT2D eigenvalue weighted by molar-refractivity contribution is 0.103. The zero-order chi connectivity index (χ0) is 29.9. The molecule has 0 aliphatic rings. The first-order valence-corrected chi connectivity index (χ1v) is 14.5. The van der Waals surface area contributed by atoms with Crippen molar-refractivity contribution in [1.82, 2.24) is 9.97 Å². The fourth-order valence-electron chi connectivity index (χ4n) is 5.74. The van der Waals surface area contributed by atoms with Crippen LogP contribution in [0.1, 0.15) is 31.8 Å². The van der Waals surface area contributed by atoms with Crippen LogP contribution in [0, 0.1) is 0 Å². The molecule has 2 N–H and O–H groups in total. The van der Waals surface area contributed by atoms with E-state index in [1.807, 2.05) is 158 Å². The number of aromatic nitrogens is 2. The van der Waals surface area contributed by atoms with Gasteiger partial charge in [0.05, 0.1) is 22.5 Å². The molecule has 0 atom stereocenters. The van der Waals surface area contributed by atoms with Crippen LogP contribution in [0.2, 0.25) is 0 Å². The zero-order valence-corrected chi connectivity index (χ0v) is 23.8. The summed E-state index contributed by atoms with van der Waals surface area (Å²) in [7, 11) is 0. The summed E-state index contributed by atoms with van der Waals surface area (Å²) in [6, 6.07) is 46.6. The van der Waals surface area contributed by atoms with Crippen molar-refractivity contribution in [1.29, 1.82) is 0 Å². The number of benzene rings is 5. The van der Waals surface area contributed by atoms with E-state index in [1.165, 1.54) is 0 Å². The summed E-state index contributed by atoms with van der Waals surface area (Å²) in [4.78, 5) is 34.6. The molecule has 0 bridgehead atoms. The number of nitrogens with one attached hydrogen (secondary N) is 2. The fraction of sp³-hybridized carbons (Fsp3) is 0. The minimum atomic E-state index is -0.0441. The molecule has 0 unspecified atom stereocenters. The van der Waals surface area contributed by atoms with Gasteiger partial charge in [-0.1, -0.05) is 146 Å². The molecule has 0 saturated carbocycles. The number of rotatable bonds is 8. The van der Waals surface area contributed by atoms with Gasteiger partial charge < -0.3 is 9.97 Å². The minimum Gasteiger partial charge on any atom is -0.360 e. The number of H-pyrrole nitrogens is 2. The van der Waals surface area contributed by atoms with E-state index >= 15 is 0 Å². The second-order valence-corrected chi connectivity index (χ2v) is 10.6. The standard InChI is InChI=1S/C40H28N2O2/c43-39(31-17-9-3-10-18-31)35-33(27-13-5-1-6-14-27)25-41-37(35)29-21-23-30(24-22-29)38-36(40(44)32-19-11-4-12-20-32)34(26-42-38)28-15-7-2-8-16-28/h1-26,41-42H. The Morgan fingerprint density at radius 3 is 1.02 bits per heavy atom. The van der Waals surface area contributed by atoms with Crippen molar-refractivity contribution < 1.29 is 9.59 Å². The third-order valence-corrected chi connectivity index (χ3v) is 7.92. The quantitative estimate of drug-likeness (QED) is 0.179. The van der Waals surface area contributed by atoms with Crippen LogP contribution in [0.15, 0.2) is 158 Å². The second kappa shape index (κ2) is 11.7. The molecular formula is C40H28N2O2. The second-order valence-electron chi connectivity index (χ2n) is 10.6. The highest BCUT2D eigenvalue weighted by Crippen LogP contribution is 2.37. The summed E-state index contributed by atoms with van der Waals surface area (Å²) in [5, 5.41) is 0. The van der Waals surface area contributed by atoms with Crippen molar-refractivity contribution in [2.75, 3.05) is 0 Å². The lowest BCUT2D eigenvalue weighted by atomic mass is 9.92. The molecule has 7 rings (SSSR count). The molecule has 210 valence electrons. The van der Waals surface area contributed by atoms with E-state index < -0.39 is 0 Å². The van der Waals surface area contributed by atoms with Gasteiger partial charge in [0, 0.05) is 34.6 Å². The first-order valence-electron chi connectivity index (χ1n) is 14.5. The molecule has 44 heavy (non-hydrogen) atoms. The molecule has 0 spiro atoms. The molecule has 0 saturated heterocycles. The van der Waals surface area contributed by atoms with E-state index in [-0.39, 0.29) is 11.6 Å². The molecule has 0 radical (unpaired) electrons. The number of ketones is 2. The highest BCUT2D eigenvalue weighted by atomic mass is 16.1. The largest absolute Gasteiger partial charge is 0.360 e. The molecule has 0 aliphatic heterocycles. The zero-order valence-electron chi connectivity index (χ0n) is 23.8. The summed E-state index contributed by atoms with van der Waals surface area (Å²) in [6.45, 7) is 0. The fourth-order valence-corrected chi connectivity index (χ4v) is 5.74. The van der Waals surface area contributed by atoms with Gasteiger partial charge in [0.15, 0.2) is 11.6 Å². The van der Waals surface area contributed by atoms with E-state index in [0.29, 0.717) is 22.3 Å². The monoisotopic (exact) mass is 568 g/mol. The van der Waals surface area contributed by atoms with E-state index in [9.17, 15) is 9.59 Å². The maximum atomic E-state index is 13.9. The topological polar surface area (TPSA) is 65.7 Å². The number of hydrogen-bond donors (Lipinski definition) is 2. The predicted molar refractivity (Wildman–Crippen MR) is 177 cm³/mol. The SMILES string of the molecule is O=C(c1ccccc1)c1c(-c2ccccc2)c[nH]c1-c1ccc(-c2[nH]cc(-c3ccccc3)c2C(=O)c2ccccc2)cc1. The van der Waals surface area contributed by atoms with Crippen molar-refractivity contribution in [2.45, 2.75) is 0 Å². The molecule has 2 aromatic heterocycles. The lowest BCUT2D eigenvalue weighted by Crippen LogP contribution is -2.04. The number of hydrogen-bond acceptors (Lipinski definition) is 2. The molecule has 0 amide bonds. The Balaban J connectivity index is 1.32. The van der Waals surface area contributed by atoms with Crippen LogP contribution in [-0.4, -0.2) is 21.5 Å². The highest BCUT2D eigenvalue weighted by molar-refractivity contribution is 6.17. The average Bonchev–Trinajstić information content (AvgIpc) is 3.75. The van der Waals surface area contributed by atoms with Crippen molar-refractivity contribution in [3.05, 3.63) is 180 Å². The molecule has 2 heterocycles. The summed E-state index contributed by atoms with van der Waals surface area (Å²) in [6.07, 6.45) is 3.81. The van der Waals surface area contributed by atoms with Crippen LogP contribution in [0.3, 0.4) is 0 Å². The van der Waals surface area contributed by atoms with Gasteiger partial charge in [0.2, 0.25) is 0 Å². The van der Waals surface area contributed by atoms with Crippen LogP contribution in [0.25, 0.3) is 44.8 Å². The average molecular weight is 569 g/mol. The van der Waals surface area contributed by atoms with Gasteiger partial charge in [-0.3, -0.25) is 9.59 Å². The Morgan fingerprint density at radius 1 is 0.364 bits per heavy atom. The van der Waals surface area contributed by atoms with Gasteiger partial charge in [-0.15, -0.1) is 0 Å². The lowest BCUT2D eigenvalue weighted by Gasteiger charge is -2.10. The first kappa shape index (κ1) is 26.9. The molecule has 4 heteroatoms. The van der Waals surface area contributed by atoms with Gasteiger partial charge in [-0.25, -0.2) is 0 Å². The normalized spacial score (nSPS) is 10.9. The van der Waals surface area contributed by atoms with Crippen LogP contribution in [0.4, 0.5) is 0 Å². The van der Waals surface area contributed by atoms with Gasteiger partial charge in [0.1, 0.15) is 0 Å². The first-order chi connectivity index (χ1) is 21.7. The van der Waals surface area contributed by atoms with Crippen molar-refractivity contribution in [3.63, 3.8) is 0 Å². The van der Waals surface area contributed by atoms with E-state index in [0.717, 1.165) is 44.8 Å². The van der Waals surface area contributed by atoms with Gasteiger partial charge in [-0.2, -0.15) is 0 Å². The third kappa shape index (κ3) is 4.99. The third-order valence-electron chi connectivity index (χ3n) is 7.92. The summed E-state index contributed by atoms with van der Waals surface area (Å²) < 4.78 is 0. The predicted octanol–water partition coefficient (Wildman–Crippen LogP) is 9.47. The van der Waals surface area contributed by atoms with Crippen LogP contribution >= 0.6 is 0 Å². The van der Waals surface area contributed by atoms with Crippen molar-refractivity contribution in [3.8, 4) is 44.8 Å². The Morgan fingerprint density at radius 2 is 0.682 bits per heavy atom. The molecule has 5 aromatic carbocycles. The van der Waals surface area contributed by atoms with Gasteiger partial charge >= 0.3 is 0 Å². The van der Waals surface area contributed by atoms with Gasteiger partial charge in [-0.05, 0) is 22.3 Å². The molecule has 0 aliphatic carbocycles. The van der Waals surface area contributed by atoms with Crippen molar-refractivity contribution in [2.24, 2.45) is 0 Å². The minimum absolute atomic E-state index is 0.0441. The molecule has 7 aromatic rings. The van der Waals surface area contributed by atoms with Crippen LogP contribution in [-0.2, 0) is 0 Å². The Kier molecular flexibility index (Phi) is 7.15. The van der Waals surface area contributed by atoms with E-state index in [4.69, 9.17) is 0 Å². The number of carbonyl (C=O) groups is 2. The maximum Gasteiger partial charge on any atom is 0.195 e. The molecule has 4 nitrogen and oxygen atoms in total. The van der Waals surface area contributed by atoms with Crippen LogP contribution in [0.5, 0.6) is 0 Å². The Labute approximate surface area is 255 Å². The highest BCUT2D eigenvalue weighted by Gasteiger charge is 2.24. The molecule has 0 fully saturated rings. The smallest absolute Gasteiger partial charge is 0.195 e. The maximum absolute atomic E-state index is 13.9. The van der Waals surface area contributed by atoms with E-state index in [1.54, 1.807) is 0 Å². The summed E-state index contributed by atoms with van der Waals surface area (Å²) >= 11 is 0. The summed E-state index contributed by atoms with van der Waals surface area (Å²) in [5.41, 5.74) is 9.41. The Bertz CT molecular complexity index is 1900. The molecular weight excluding hydrogens is 540 g/mol. The van der Waals surface area contributed by atoms with Crippen molar-refractivity contribution >= 4 is 11.6 Å². The van der Waals surface area contributed by atoms with Crippen LogP contribution < -0.4 is 0 Å². The van der Waals surface area contributed by atoms with Gasteiger partial charge in [0.25, 0.3) is 0 Å². The Hall–Kier alpha value is -6.00. The number of carbonyl (C=O) groups excluding carboxylic acids is 2. The number of aromatic amines is 2. The summed E-state index contributed by atoms with van der Waals surface area (Å²) in [5.74, 6) is -0.0882. The van der Waals surface area contributed by atoms with E-state index in [2.05, 4.69) is 9.97 Å².